The van der Waals surface area contributed by atoms with Crippen LogP contribution in [0.1, 0.15) is 0 Å². The average molecular weight is 99.1 g/mol. The molecule has 0 aromatic heterocycles. The van der Waals surface area contributed by atoms with E-state index in [9.17, 15) is 0 Å². The van der Waals surface area contributed by atoms with Gasteiger partial charge in [0.1, 0.15) is 0 Å². The lowest BCUT2D eigenvalue weighted by atomic mass is 10.5. The molecule has 1 rings (SSSR count). The Hall–Kier alpha value is -0.540. The summed E-state index contributed by atoms with van der Waals surface area (Å²) in [6.45, 7) is 0. The molecule has 0 spiro atoms. The Morgan fingerprint density at radius 1 is 1.86 bits per heavy atom. The van der Waals surface area contributed by atoms with Gasteiger partial charge in [-0.25, -0.2) is 5.01 Å². The highest BCUT2D eigenvalue weighted by atomic mass is 15.5. The molecule has 0 fully saturated rings. The van der Waals surface area contributed by atoms with E-state index in [2.05, 4.69) is 5.43 Å². The largest absolute Gasteiger partial charge is 0.325 e. The van der Waals surface area contributed by atoms with Crippen LogP contribution in [0, 0.1) is 0 Å². The van der Waals surface area contributed by atoms with E-state index >= 15 is 0 Å². The fraction of sp³-hybridized carbons (Fsp3) is 0.500. The Kier molecular flexibility index (Phi) is 1.00. The Labute approximate surface area is 42.8 Å². The molecule has 3 heteroatoms. The van der Waals surface area contributed by atoms with E-state index in [1.165, 1.54) is 0 Å². The van der Waals surface area contributed by atoms with Crippen LogP contribution < -0.4 is 11.2 Å². The quantitative estimate of drug-likeness (QED) is 0.419. The summed E-state index contributed by atoms with van der Waals surface area (Å²) < 4.78 is 0. The molecule has 3 N–H and O–H groups in total. The molecule has 1 aliphatic heterocycles. The first kappa shape index (κ1) is 4.61. The highest BCUT2D eigenvalue weighted by molar-refractivity contribution is 4.93. The summed E-state index contributed by atoms with van der Waals surface area (Å²) >= 11 is 0. The molecule has 0 aromatic carbocycles. The minimum atomic E-state index is 0.0556. The maximum Gasteiger partial charge on any atom is 0.0956 e. The summed E-state index contributed by atoms with van der Waals surface area (Å²) in [5.41, 5.74) is 8.35. The molecule has 0 amide bonds. The van der Waals surface area contributed by atoms with Crippen LogP contribution >= 0.6 is 0 Å². The number of nitrogens with zero attached hydrogens (tertiary/aromatic N) is 1. The van der Waals surface area contributed by atoms with Gasteiger partial charge < -0.3 is 11.2 Å². The van der Waals surface area contributed by atoms with Crippen LogP contribution in [0.4, 0.5) is 0 Å². The second kappa shape index (κ2) is 1.52. The topological polar surface area (TPSA) is 41.3 Å². The van der Waals surface area contributed by atoms with E-state index < -0.39 is 0 Å². The first-order chi connectivity index (χ1) is 3.30. The number of nitrogens with two attached hydrogens (primary N) is 1. The van der Waals surface area contributed by atoms with Crippen molar-refractivity contribution in [2.45, 2.75) is 6.17 Å². The molecule has 0 bridgehead atoms. The zero-order valence-corrected chi connectivity index (χ0v) is 4.26. The number of rotatable bonds is 0. The molecule has 0 saturated carbocycles. The third kappa shape index (κ3) is 0.730. The molecule has 1 heterocycles. The summed E-state index contributed by atoms with van der Waals surface area (Å²) in [5.74, 6) is 0. The molecule has 0 radical (unpaired) electrons. The first-order valence-corrected chi connectivity index (χ1v) is 2.22. The Morgan fingerprint density at radius 3 is 2.71 bits per heavy atom. The Balaban J connectivity index is 2.45. The van der Waals surface area contributed by atoms with Crippen molar-refractivity contribution in [2.75, 3.05) is 7.05 Å². The molecular weight excluding hydrogens is 90.1 g/mol. The van der Waals surface area contributed by atoms with Crippen molar-refractivity contribution < 1.29 is 0 Å². The lowest BCUT2D eigenvalue weighted by molar-refractivity contribution is 0.258. The summed E-state index contributed by atoms with van der Waals surface area (Å²) in [6, 6.07) is 0. The van der Waals surface area contributed by atoms with Crippen molar-refractivity contribution in [1.29, 1.82) is 0 Å². The van der Waals surface area contributed by atoms with E-state index in [1.807, 2.05) is 24.3 Å². The van der Waals surface area contributed by atoms with Gasteiger partial charge in [0.2, 0.25) is 0 Å². The van der Waals surface area contributed by atoms with Crippen molar-refractivity contribution in [3.8, 4) is 0 Å². The van der Waals surface area contributed by atoms with Gasteiger partial charge in [0.15, 0.2) is 0 Å². The smallest absolute Gasteiger partial charge is 0.0956 e. The van der Waals surface area contributed by atoms with Gasteiger partial charge in [0.05, 0.1) is 6.17 Å². The van der Waals surface area contributed by atoms with Crippen LogP contribution in [-0.4, -0.2) is 18.2 Å². The SMILES string of the molecule is CN1NC=CC1N. The monoisotopic (exact) mass is 99.1 g/mol. The molecule has 0 saturated heterocycles. The fourth-order valence-corrected chi connectivity index (χ4v) is 0.474. The molecule has 7 heavy (non-hydrogen) atoms. The molecular formula is C4H9N3. The number of nitrogens with one attached hydrogen (secondary N) is 1. The third-order valence-corrected chi connectivity index (χ3v) is 1.02. The van der Waals surface area contributed by atoms with Gasteiger partial charge in [-0.3, -0.25) is 0 Å². The highest BCUT2D eigenvalue weighted by Gasteiger charge is 2.06. The van der Waals surface area contributed by atoms with Crippen molar-refractivity contribution >= 4 is 0 Å². The van der Waals surface area contributed by atoms with Crippen LogP contribution in [0.15, 0.2) is 12.3 Å². The molecule has 1 aliphatic rings. The van der Waals surface area contributed by atoms with E-state index in [0.29, 0.717) is 0 Å². The van der Waals surface area contributed by atoms with Crippen molar-refractivity contribution in [3.05, 3.63) is 12.3 Å². The zero-order valence-electron chi connectivity index (χ0n) is 4.26. The van der Waals surface area contributed by atoms with E-state index in [0.717, 1.165) is 0 Å². The number of hydrogen-bond acceptors (Lipinski definition) is 3. The van der Waals surface area contributed by atoms with E-state index in [-0.39, 0.29) is 6.17 Å². The van der Waals surface area contributed by atoms with Crippen LogP contribution in [0.3, 0.4) is 0 Å². The van der Waals surface area contributed by atoms with Gasteiger partial charge >= 0.3 is 0 Å². The average Bonchev–Trinajstić information content (AvgIpc) is 1.91. The maximum atomic E-state index is 5.45. The predicted octanol–water partition coefficient (Wildman–Crippen LogP) is -0.765. The lowest BCUT2D eigenvalue weighted by Crippen LogP contribution is -2.39. The van der Waals surface area contributed by atoms with Gasteiger partial charge in [0.25, 0.3) is 0 Å². The Morgan fingerprint density at radius 2 is 2.57 bits per heavy atom. The minimum absolute atomic E-state index is 0.0556. The summed E-state index contributed by atoms with van der Waals surface area (Å²) in [7, 11) is 1.89. The van der Waals surface area contributed by atoms with Gasteiger partial charge in [0, 0.05) is 13.2 Å². The van der Waals surface area contributed by atoms with Gasteiger partial charge in [-0.2, -0.15) is 0 Å². The zero-order chi connectivity index (χ0) is 5.28. The number of likely N-dealkylation sites (N-methyl/N-ethyl adjacent to an activating group) is 1. The molecule has 0 aromatic rings. The van der Waals surface area contributed by atoms with Gasteiger partial charge in [-0.15, -0.1) is 0 Å². The van der Waals surface area contributed by atoms with Crippen molar-refractivity contribution in [2.24, 2.45) is 5.73 Å². The highest BCUT2D eigenvalue weighted by Crippen LogP contribution is 1.91. The summed E-state index contributed by atoms with van der Waals surface area (Å²) in [5, 5.41) is 1.82. The van der Waals surface area contributed by atoms with Crippen LogP contribution in [0.2, 0.25) is 0 Å². The molecule has 3 nitrogen and oxygen atoms in total. The van der Waals surface area contributed by atoms with Crippen molar-refractivity contribution in [1.82, 2.24) is 10.4 Å². The molecule has 40 valence electrons. The summed E-state index contributed by atoms with van der Waals surface area (Å²) in [6.07, 6.45) is 3.77. The fourth-order valence-electron chi connectivity index (χ4n) is 0.474. The number of hydrogen-bond donors (Lipinski definition) is 2. The second-order valence-electron chi connectivity index (χ2n) is 1.59. The molecule has 1 unspecified atom stereocenters. The van der Waals surface area contributed by atoms with Crippen molar-refractivity contribution in [3.63, 3.8) is 0 Å². The summed E-state index contributed by atoms with van der Waals surface area (Å²) in [4.78, 5) is 0. The third-order valence-electron chi connectivity index (χ3n) is 1.02. The second-order valence-corrected chi connectivity index (χ2v) is 1.59. The van der Waals surface area contributed by atoms with Gasteiger partial charge in [-0.1, -0.05) is 0 Å². The normalized spacial score (nSPS) is 30.9. The standard InChI is InChI=1S/C4H9N3/c1-7-4(5)2-3-6-7/h2-4,6H,5H2,1H3. The maximum absolute atomic E-state index is 5.45. The van der Waals surface area contributed by atoms with Crippen LogP contribution in [-0.2, 0) is 0 Å². The molecule has 0 aliphatic carbocycles. The van der Waals surface area contributed by atoms with E-state index in [4.69, 9.17) is 5.73 Å². The first-order valence-electron chi connectivity index (χ1n) is 2.22. The predicted molar refractivity (Wildman–Crippen MR) is 28.0 cm³/mol. The van der Waals surface area contributed by atoms with Crippen LogP contribution in [0.25, 0.3) is 0 Å². The van der Waals surface area contributed by atoms with Crippen LogP contribution in [0.5, 0.6) is 0 Å². The number of hydrazine groups is 1. The van der Waals surface area contributed by atoms with Gasteiger partial charge in [-0.05, 0) is 6.08 Å². The Bertz CT molecular complexity index is 88.9. The van der Waals surface area contributed by atoms with E-state index in [1.54, 1.807) is 0 Å². The molecule has 1 atom stereocenters. The lowest BCUT2D eigenvalue weighted by Gasteiger charge is -2.13. The minimum Gasteiger partial charge on any atom is -0.325 e.